The average Bonchev–Trinajstić information content (AvgIpc) is 2.26. The molecule has 0 heterocycles. The van der Waals surface area contributed by atoms with Gasteiger partial charge in [-0.25, -0.2) is 4.39 Å². The second kappa shape index (κ2) is 5.41. The molecule has 106 valence electrons. The van der Waals surface area contributed by atoms with Crippen LogP contribution in [-0.2, 0) is 6.42 Å². The summed E-state index contributed by atoms with van der Waals surface area (Å²) in [4.78, 5) is 0. The number of benzene rings is 1. The Bertz CT molecular complexity index is 447. The Hall–Kier alpha value is -0.600. The van der Waals surface area contributed by atoms with Gasteiger partial charge in [0.1, 0.15) is 5.82 Å². The molecule has 3 heteroatoms. The second-order valence-electron chi connectivity index (χ2n) is 6.85. The van der Waals surface area contributed by atoms with Crippen LogP contribution >= 0.6 is 11.6 Å². The zero-order valence-corrected chi connectivity index (χ0v) is 12.8. The van der Waals surface area contributed by atoms with Gasteiger partial charge in [-0.15, -0.1) is 0 Å². The van der Waals surface area contributed by atoms with Crippen LogP contribution in [0.2, 0.25) is 5.02 Å². The van der Waals surface area contributed by atoms with E-state index >= 15 is 0 Å². The van der Waals surface area contributed by atoms with Crippen LogP contribution in [0.1, 0.15) is 45.6 Å². The minimum absolute atomic E-state index is 0.107. The summed E-state index contributed by atoms with van der Waals surface area (Å²) >= 11 is 5.86. The zero-order valence-electron chi connectivity index (χ0n) is 12.0. The van der Waals surface area contributed by atoms with Crippen molar-refractivity contribution in [2.24, 2.45) is 5.41 Å². The van der Waals surface area contributed by atoms with Gasteiger partial charge in [0.2, 0.25) is 0 Å². The molecule has 0 unspecified atom stereocenters. The van der Waals surface area contributed by atoms with Crippen LogP contribution in [0, 0.1) is 11.2 Å². The Morgan fingerprint density at radius 1 is 1.32 bits per heavy atom. The molecule has 0 amide bonds. The van der Waals surface area contributed by atoms with Crippen LogP contribution in [-0.4, -0.2) is 12.1 Å². The van der Waals surface area contributed by atoms with E-state index in [0.717, 1.165) is 18.5 Å². The first-order valence-corrected chi connectivity index (χ1v) is 7.37. The molecule has 0 aromatic heterocycles. The van der Waals surface area contributed by atoms with E-state index in [1.807, 2.05) is 12.1 Å². The van der Waals surface area contributed by atoms with E-state index in [0.29, 0.717) is 0 Å². The fraction of sp³-hybridized carbons (Fsp3) is 0.625. The highest BCUT2D eigenvalue weighted by Gasteiger charge is 2.38. The maximum atomic E-state index is 14.0. The van der Waals surface area contributed by atoms with Crippen LogP contribution in [0.3, 0.4) is 0 Å². The second-order valence-corrected chi connectivity index (χ2v) is 7.25. The van der Waals surface area contributed by atoms with E-state index in [2.05, 4.69) is 26.1 Å². The third-order valence-corrected chi connectivity index (χ3v) is 4.30. The first-order chi connectivity index (χ1) is 8.81. The van der Waals surface area contributed by atoms with Gasteiger partial charge >= 0.3 is 0 Å². The van der Waals surface area contributed by atoms with Crippen molar-refractivity contribution in [3.05, 3.63) is 34.6 Å². The summed E-state index contributed by atoms with van der Waals surface area (Å²) < 4.78 is 14.0. The maximum Gasteiger partial charge on any atom is 0.144 e. The standard InChI is InChI=1S/C16H23ClFN/c1-15(2,3)19-11-16(8-5-9-16)10-12-6-4-7-13(17)14(12)18/h4,6-7,19H,5,8-11H2,1-3H3. The lowest BCUT2D eigenvalue weighted by molar-refractivity contribution is 0.117. The first kappa shape index (κ1) is 14.8. The Kier molecular flexibility index (Phi) is 4.22. The highest BCUT2D eigenvalue weighted by Crippen LogP contribution is 2.44. The molecular weight excluding hydrogens is 261 g/mol. The molecule has 2 rings (SSSR count). The zero-order chi connectivity index (χ0) is 14.1. The van der Waals surface area contributed by atoms with Crippen LogP contribution < -0.4 is 5.32 Å². The summed E-state index contributed by atoms with van der Waals surface area (Å²) in [5.74, 6) is -0.244. The van der Waals surface area contributed by atoms with Gasteiger partial charge in [0.05, 0.1) is 5.02 Å². The van der Waals surface area contributed by atoms with Crippen molar-refractivity contribution < 1.29 is 4.39 Å². The van der Waals surface area contributed by atoms with Crippen LogP contribution in [0.4, 0.5) is 4.39 Å². The topological polar surface area (TPSA) is 12.0 Å². The van der Waals surface area contributed by atoms with Gasteiger partial charge in [-0.05, 0) is 57.1 Å². The molecule has 1 nitrogen and oxygen atoms in total. The number of hydrogen-bond acceptors (Lipinski definition) is 1. The van der Waals surface area contributed by atoms with Crippen LogP contribution in [0.5, 0.6) is 0 Å². The molecule has 0 spiro atoms. The Morgan fingerprint density at radius 3 is 2.53 bits per heavy atom. The van der Waals surface area contributed by atoms with E-state index in [1.165, 1.54) is 19.3 Å². The van der Waals surface area contributed by atoms with E-state index in [-0.39, 0.29) is 21.8 Å². The van der Waals surface area contributed by atoms with Crippen LogP contribution in [0.15, 0.2) is 18.2 Å². The summed E-state index contributed by atoms with van der Waals surface area (Å²) in [6, 6.07) is 5.31. The molecule has 0 bridgehead atoms. The predicted molar refractivity (Wildman–Crippen MR) is 79.2 cm³/mol. The summed E-state index contributed by atoms with van der Waals surface area (Å²) in [7, 11) is 0. The predicted octanol–water partition coefficient (Wildman–Crippen LogP) is 4.58. The van der Waals surface area contributed by atoms with Crippen molar-refractivity contribution in [2.45, 2.75) is 52.0 Å². The quantitative estimate of drug-likeness (QED) is 0.853. The molecule has 1 aromatic rings. The van der Waals surface area contributed by atoms with Gasteiger partial charge in [0.15, 0.2) is 0 Å². The fourth-order valence-corrected chi connectivity index (χ4v) is 2.83. The molecule has 1 saturated carbocycles. The van der Waals surface area contributed by atoms with Gasteiger partial charge in [-0.3, -0.25) is 0 Å². The number of hydrogen-bond donors (Lipinski definition) is 1. The molecule has 0 atom stereocenters. The normalized spacial score (nSPS) is 18.2. The molecular formula is C16H23ClFN. The number of halogens is 2. The van der Waals surface area contributed by atoms with Gasteiger partial charge in [-0.1, -0.05) is 30.2 Å². The molecule has 0 saturated heterocycles. The molecule has 1 fully saturated rings. The lowest BCUT2D eigenvalue weighted by Gasteiger charge is -2.44. The van der Waals surface area contributed by atoms with Crippen molar-refractivity contribution >= 4 is 11.6 Å². The minimum atomic E-state index is -0.244. The van der Waals surface area contributed by atoms with Gasteiger partial charge in [0.25, 0.3) is 0 Å². The SMILES string of the molecule is CC(C)(C)NCC1(Cc2cccc(Cl)c2F)CCC1. The minimum Gasteiger partial charge on any atom is -0.312 e. The Labute approximate surface area is 120 Å². The van der Waals surface area contributed by atoms with Gasteiger partial charge < -0.3 is 5.32 Å². The highest BCUT2D eigenvalue weighted by molar-refractivity contribution is 6.30. The van der Waals surface area contributed by atoms with Gasteiger partial charge in [-0.2, -0.15) is 0 Å². The highest BCUT2D eigenvalue weighted by atomic mass is 35.5. The lowest BCUT2D eigenvalue weighted by Crippen LogP contribution is -2.48. The molecule has 0 aliphatic heterocycles. The largest absolute Gasteiger partial charge is 0.312 e. The van der Waals surface area contributed by atoms with E-state index in [1.54, 1.807) is 6.07 Å². The molecule has 1 aliphatic rings. The average molecular weight is 284 g/mol. The summed E-state index contributed by atoms with van der Waals surface area (Å²) in [5.41, 5.74) is 1.07. The summed E-state index contributed by atoms with van der Waals surface area (Å²) in [6.07, 6.45) is 4.36. The van der Waals surface area contributed by atoms with Crippen molar-refractivity contribution in [1.29, 1.82) is 0 Å². The lowest BCUT2D eigenvalue weighted by atomic mass is 9.65. The summed E-state index contributed by atoms with van der Waals surface area (Å²) in [6.45, 7) is 7.44. The maximum absolute atomic E-state index is 14.0. The monoisotopic (exact) mass is 283 g/mol. The van der Waals surface area contributed by atoms with E-state index in [4.69, 9.17) is 11.6 Å². The molecule has 0 radical (unpaired) electrons. The molecule has 19 heavy (non-hydrogen) atoms. The number of rotatable bonds is 4. The van der Waals surface area contributed by atoms with E-state index in [9.17, 15) is 4.39 Å². The summed E-state index contributed by atoms with van der Waals surface area (Å²) in [5, 5.41) is 3.80. The van der Waals surface area contributed by atoms with Crippen molar-refractivity contribution in [1.82, 2.24) is 5.32 Å². The smallest absolute Gasteiger partial charge is 0.144 e. The first-order valence-electron chi connectivity index (χ1n) is 6.99. The van der Waals surface area contributed by atoms with E-state index < -0.39 is 0 Å². The van der Waals surface area contributed by atoms with Crippen molar-refractivity contribution in [3.8, 4) is 0 Å². The molecule has 1 aromatic carbocycles. The van der Waals surface area contributed by atoms with Gasteiger partial charge in [0, 0.05) is 12.1 Å². The third kappa shape index (κ3) is 3.70. The fourth-order valence-electron chi connectivity index (χ4n) is 2.63. The van der Waals surface area contributed by atoms with Crippen LogP contribution in [0.25, 0.3) is 0 Å². The van der Waals surface area contributed by atoms with Crippen molar-refractivity contribution in [2.75, 3.05) is 6.54 Å². The Balaban J connectivity index is 2.08. The van der Waals surface area contributed by atoms with Crippen molar-refractivity contribution in [3.63, 3.8) is 0 Å². The molecule has 1 aliphatic carbocycles. The third-order valence-electron chi connectivity index (χ3n) is 4.00. The molecule has 1 N–H and O–H groups in total. The Morgan fingerprint density at radius 2 is 2.00 bits per heavy atom. The number of nitrogens with one attached hydrogen (secondary N) is 1.